The minimum atomic E-state index is -1.26. The van der Waals surface area contributed by atoms with Gasteiger partial charge in [-0.25, -0.2) is 9.59 Å². The third-order valence-electron chi connectivity index (χ3n) is 4.40. The monoisotopic (exact) mass is 374 g/mol. The molecule has 0 bridgehead atoms. The molecule has 1 atom stereocenters. The number of nitrogens with zero attached hydrogens (tertiary/aromatic N) is 1. The largest absolute Gasteiger partial charge is 0.336 e. The number of carbonyl (C=O) groups is 4. The fourth-order valence-electron chi connectivity index (χ4n) is 2.85. The van der Waals surface area contributed by atoms with Crippen molar-refractivity contribution in [3.05, 3.63) is 35.4 Å². The van der Waals surface area contributed by atoms with Crippen molar-refractivity contribution in [1.82, 2.24) is 20.9 Å². The molecule has 0 radical (unpaired) electrons. The van der Waals surface area contributed by atoms with Gasteiger partial charge >= 0.3 is 12.1 Å². The Balaban J connectivity index is 2.11. The summed E-state index contributed by atoms with van der Waals surface area (Å²) in [6.45, 7) is 8.69. The molecule has 1 fully saturated rings. The number of hydrogen-bond acceptors (Lipinski definition) is 4. The van der Waals surface area contributed by atoms with Gasteiger partial charge in [0.1, 0.15) is 12.1 Å². The number of amides is 6. The lowest BCUT2D eigenvalue weighted by Crippen LogP contribution is -2.48. The van der Waals surface area contributed by atoms with Gasteiger partial charge in [0.2, 0.25) is 5.91 Å². The van der Waals surface area contributed by atoms with E-state index in [0.717, 1.165) is 10.5 Å². The van der Waals surface area contributed by atoms with Crippen molar-refractivity contribution in [2.45, 2.75) is 52.1 Å². The van der Waals surface area contributed by atoms with Crippen LogP contribution in [0.1, 0.15) is 51.7 Å². The maximum Gasteiger partial charge on any atom is 0.325 e. The first-order valence-corrected chi connectivity index (χ1v) is 8.89. The molecule has 0 aromatic heterocycles. The summed E-state index contributed by atoms with van der Waals surface area (Å²) in [4.78, 5) is 49.5. The molecule has 0 unspecified atom stereocenters. The summed E-state index contributed by atoms with van der Waals surface area (Å²) in [6.07, 6.45) is 0. The molecule has 3 N–H and O–H groups in total. The van der Waals surface area contributed by atoms with E-state index in [2.05, 4.69) is 29.8 Å². The molecule has 1 saturated heterocycles. The highest BCUT2D eigenvalue weighted by molar-refractivity contribution is 6.10. The van der Waals surface area contributed by atoms with Crippen molar-refractivity contribution >= 4 is 23.9 Å². The Bertz CT molecular complexity index is 757. The van der Waals surface area contributed by atoms with Gasteiger partial charge in [-0.15, -0.1) is 0 Å². The smallest absolute Gasteiger partial charge is 0.325 e. The van der Waals surface area contributed by atoms with E-state index in [-0.39, 0.29) is 6.04 Å². The molecule has 1 aromatic rings. The van der Waals surface area contributed by atoms with Gasteiger partial charge in [-0.3, -0.25) is 19.8 Å². The van der Waals surface area contributed by atoms with E-state index < -0.39 is 36.0 Å². The van der Waals surface area contributed by atoms with E-state index in [4.69, 9.17) is 0 Å². The summed E-state index contributed by atoms with van der Waals surface area (Å²) in [5, 5.41) is 7.25. The molecule has 1 aliphatic heterocycles. The molecule has 2 rings (SSSR count). The van der Waals surface area contributed by atoms with Crippen molar-refractivity contribution in [1.29, 1.82) is 0 Å². The first kappa shape index (κ1) is 20.4. The maximum absolute atomic E-state index is 12.8. The van der Waals surface area contributed by atoms with E-state index in [0.29, 0.717) is 11.5 Å². The summed E-state index contributed by atoms with van der Waals surface area (Å²) in [6, 6.07) is 5.93. The Morgan fingerprint density at radius 2 is 1.70 bits per heavy atom. The molecule has 0 spiro atoms. The minimum absolute atomic E-state index is 0.147. The van der Waals surface area contributed by atoms with Crippen LogP contribution in [0.15, 0.2) is 24.3 Å². The molecule has 146 valence electrons. The van der Waals surface area contributed by atoms with Gasteiger partial charge in [-0.2, -0.15) is 0 Å². The first-order chi connectivity index (χ1) is 12.5. The van der Waals surface area contributed by atoms with Crippen LogP contribution in [0.25, 0.3) is 0 Å². The Kier molecular flexibility index (Phi) is 5.88. The highest BCUT2D eigenvalue weighted by atomic mass is 16.2. The number of benzene rings is 1. The van der Waals surface area contributed by atoms with Gasteiger partial charge in [-0.1, -0.05) is 38.1 Å². The zero-order valence-corrected chi connectivity index (χ0v) is 16.3. The van der Waals surface area contributed by atoms with Crippen LogP contribution < -0.4 is 16.0 Å². The first-order valence-electron chi connectivity index (χ1n) is 8.89. The number of hydrogen-bond donors (Lipinski definition) is 3. The SMILES string of the molecule is CC(C)NC(=O)NC(=O)CN1C(=O)N[C@](C)(c2ccc(C(C)C)cc2)C1=O. The van der Waals surface area contributed by atoms with E-state index in [1.807, 2.05) is 12.1 Å². The second-order valence-corrected chi connectivity index (χ2v) is 7.40. The average Bonchev–Trinajstić information content (AvgIpc) is 2.78. The average molecular weight is 374 g/mol. The Morgan fingerprint density at radius 3 is 2.22 bits per heavy atom. The summed E-state index contributed by atoms with van der Waals surface area (Å²) < 4.78 is 0. The second kappa shape index (κ2) is 7.77. The summed E-state index contributed by atoms with van der Waals surface area (Å²) in [5.74, 6) is -0.932. The van der Waals surface area contributed by atoms with Crippen molar-refractivity contribution in [2.75, 3.05) is 6.54 Å². The van der Waals surface area contributed by atoms with Crippen molar-refractivity contribution in [3.8, 4) is 0 Å². The highest BCUT2D eigenvalue weighted by Crippen LogP contribution is 2.29. The molecule has 8 heteroatoms. The third kappa shape index (κ3) is 4.45. The van der Waals surface area contributed by atoms with E-state index in [1.165, 1.54) is 0 Å². The van der Waals surface area contributed by atoms with Crippen LogP contribution in [0.3, 0.4) is 0 Å². The van der Waals surface area contributed by atoms with E-state index in [9.17, 15) is 19.2 Å². The molecule has 1 aromatic carbocycles. The van der Waals surface area contributed by atoms with Gasteiger partial charge in [0, 0.05) is 6.04 Å². The number of rotatable bonds is 5. The van der Waals surface area contributed by atoms with Crippen LogP contribution in [0.5, 0.6) is 0 Å². The molecular formula is C19H26N4O4. The highest BCUT2D eigenvalue weighted by Gasteiger charge is 2.49. The molecule has 0 saturated carbocycles. The van der Waals surface area contributed by atoms with Crippen LogP contribution in [-0.4, -0.2) is 41.4 Å². The molecular weight excluding hydrogens is 348 g/mol. The zero-order chi connectivity index (χ0) is 20.4. The zero-order valence-electron chi connectivity index (χ0n) is 16.3. The predicted octanol–water partition coefficient (Wildman–Crippen LogP) is 1.81. The molecule has 1 aliphatic rings. The normalized spacial score (nSPS) is 19.4. The predicted molar refractivity (Wildman–Crippen MR) is 99.9 cm³/mol. The number of imide groups is 2. The summed E-state index contributed by atoms with van der Waals surface area (Å²) in [7, 11) is 0. The van der Waals surface area contributed by atoms with E-state index in [1.54, 1.807) is 32.9 Å². The molecule has 6 amide bonds. The number of nitrogens with one attached hydrogen (secondary N) is 3. The Hall–Kier alpha value is -2.90. The van der Waals surface area contributed by atoms with Gasteiger partial charge < -0.3 is 10.6 Å². The number of carbonyl (C=O) groups excluding carboxylic acids is 4. The lowest BCUT2D eigenvalue weighted by molar-refractivity contribution is -0.134. The van der Waals surface area contributed by atoms with Gasteiger partial charge in [-0.05, 0) is 37.8 Å². The molecule has 27 heavy (non-hydrogen) atoms. The second-order valence-electron chi connectivity index (χ2n) is 7.40. The van der Waals surface area contributed by atoms with Gasteiger partial charge in [0.05, 0.1) is 0 Å². The molecule has 8 nitrogen and oxygen atoms in total. The van der Waals surface area contributed by atoms with Crippen molar-refractivity contribution in [2.24, 2.45) is 0 Å². The Morgan fingerprint density at radius 1 is 1.11 bits per heavy atom. The summed E-state index contributed by atoms with van der Waals surface area (Å²) >= 11 is 0. The van der Waals surface area contributed by atoms with Gasteiger partial charge in [0.15, 0.2) is 0 Å². The Labute approximate surface area is 158 Å². The lowest BCUT2D eigenvalue weighted by atomic mass is 9.90. The maximum atomic E-state index is 12.8. The summed E-state index contributed by atoms with van der Waals surface area (Å²) in [5.41, 5.74) is 0.491. The van der Waals surface area contributed by atoms with Crippen molar-refractivity contribution in [3.63, 3.8) is 0 Å². The molecule has 1 heterocycles. The van der Waals surface area contributed by atoms with E-state index >= 15 is 0 Å². The fraction of sp³-hybridized carbons (Fsp3) is 0.474. The lowest BCUT2D eigenvalue weighted by Gasteiger charge is -2.22. The number of urea groups is 2. The van der Waals surface area contributed by atoms with Crippen LogP contribution >= 0.6 is 0 Å². The van der Waals surface area contributed by atoms with Crippen LogP contribution in [0.2, 0.25) is 0 Å². The quantitative estimate of drug-likeness (QED) is 0.683. The van der Waals surface area contributed by atoms with Crippen LogP contribution in [0.4, 0.5) is 9.59 Å². The van der Waals surface area contributed by atoms with Gasteiger partial charge in [0.25, 0.3) is 5.91 Å². The van der Waals surface area contributed by atoms with Crippen molar-refractivity contribution < 1.29 is 19.2 Å². The standard InChI is InChI=1S/C19H26N4O4/c1-11(2)13-6-8-14(9-7-13)19(5)16(25)23(18(27)22-19)10-15(24)21-17(26)20-12(3)4/h6-9,11-12H,10H2,1-5H3,(H,22,27)(H2,20,21,24,26)/t19-/m1/s1. The van der Waals surface area contributed by atoms with Crippen LogP contribution in [-0.2, 0) is 15.1 Å². The third-order valence-corrected chi connectivity index (χ3v) is 4.40. The minimum Gasteiger partial charge on any atom is -0.336 e. The topological polar surface area (TPSA) is 108 Å². The molecule has 0 aliphatic carbocycles. The fourth-order valence-corrected chi connectivity index (χ4v) is 2.85. The van der Waals surface area contributed by atoms with Crippen LogP contribution in [0, 0.1) is 0 Å².